The number of allylic oxidation sites excluding steroid dienone is 2. The summed E-state index contributed by atoms with van der Waals surface area (Å²) in [5, 5.41) is 0. The van der Waals surface area contributed by atoms with E-state index in [9.17, 15) is 0 Å². The van der Waals surface area contributed by atoms with E-state index in [2.05, 4.69) is 26.8 Å². The normalized spacial score (nSPS) is 51.4. The lowest BCUT2D eigenvalue weighted by Crippen LogP contribution is -2.54. The van der Waals surface area contributed by atoms with E-state index in [1.54, 1.807) is 19.8 Å². The molecule has 2 aliphatic carbocycles. The van der Waals surface area contributed by atoms with Crippen molar-refractivity contribution in [1.82, 2.24) is 0 Å². The van der Waals surface area contributed by atoms with Gasteiger partial charge in [-0.15, -0.1) is 0 Å². The number of rotatable bonds is 2. The zero-order valence-corrected chi connectivity index (χ0v) is 13.4. The average Bonchev–Trinajstić information content (AvgIpc) is 2.75. The van der Waals surface area contributed by atoms with Crippen molar-refractivity contribution in [2.24, 2.45) is 23.2 Å². The molecule has 1 saturated carbocycles. The lowest BCUT2D eigenvalue weighted by atomic mass is 9.52. The molecule has 0 amide bonds. The van der Waals surface area contributed by atoms with Crippen LogP contribution in [0.3, 0.4) is 0 Å². The van der Waals surface area contributed by atoms with E-state index in [0.717, 1.165) is 12.8 Å². The molecule has 0 radical (unpaired) electrons. The van der Waals surface area contributed by atoms with Gasteiger partial charge in [0, 0.05) is 32.5 Å². The number of ether oxygens (including phenoxy) is 3. The Morgan fingerprint density at radius 2 is 2.05 bits per heavy atom. The summed E-state index contributed by atoms with van der Waals surface area (Å²) < 4.78 is 17.8. The minimum Gasteiger partial charge on any atom is -0.355 e. The van der Waals surface area contributed by atoms with Gasteiger partial charge in [-0.3, -0.25) is 0 Å². The monoisotopic (exact) mass is 280 g/mol. The second-order valence-corrected chi connectivity index (χ2v) is 7.07. The van der Waals surface area contributed by atoms with Crippen molar-refractivity contribution < 1.29 is 14.2 Å². The van der Waals surface area contributed by atoms with E-state index >= 15 is 0 Å². The first kappa shape index (κ1) is 14.6. The number of hydrogen-bond donors (Lipinski definition) is 0. The molecule has 0 N–H and O–H groups in total. The Bertz CT molecular complexity index is 418. The first-order valence-electron chi connectivity index (χ1n) is 7.95. The molecule has 0 aromatic rings. The topological polar surface area (TPSA) is 27.7 Å². The van der Waals surface area contributed by atoms with Gasteiger partial charge in [-0.05, 0) is 30.6 Å². The summed E-state index contributed by atoms with van der Waals surface area (Å²) in [6.45, 7) is 7.08. The molecule has 1 heterocycles. The molecule has 1 saturated heterocycles. The number of methoxy groups -OCH3 is 2. The lowest BCUT2D eigenvalue weighted by molar-refractivity contribution is -0.286. The summed E-state index contributed by atoms with van der Waals surface area (Å²) in [6, 6.07) is 0. The van der Waals surface area contributed by atoms with Crippen LogP contribution in [0.15, 0.2) is 11.6 Å². The van der Waals surface area contributed by atoms with Gasteiger partial charge in [0.1, 0.15) is 0 Å². The Hall–Kier alpha value is -0.380. The summed E-state index contributed by atoms with van der Waals surface area (Å²) >= 11 is 0. The van der Waals surface area contributed by atoms with Crippen LogP contribution in [0.5, 0.6) is 0 Å². The maximum absolute atomic E-state index is 6.25. The molecule has 1 aliphatic heterocycles. The highest BCUT2D eigenvalue weighted by molar-refractivity contribution is 5.26. The standard InChI is InChI=1S/C17H28O3/c1-11-7-6-8-13-9-10-17(19-5)14(16(11,13)3)12(2)15(18-4)20-17/h8,11-12,14-15H,6-7,9-10H2,1-5H3/t11-,12-,14+,15+,16+,17-/m0/s1. The molecule has 3 rings (SSSR count). The fourth-order valence-electron chi connectivity index (χ4n) is 5.22. The van der Waals surface area contributed by atoms with Crippen LogP contribution in [-0.4, -0.2) is 26.3 Å². The Kier molecular flexibility index (Phi) is 3.51. The minimum atomic E-state index is -0.461. The van der Waals surface area contributed by atoms with Gasteiger partial charge in [0.2, 0.25) is 0 Å². The smallest absolute Gasteiger partial charge is 0.175 e. The number of hydrogen-bond acceptors (Lipinski definition) is 3. The van der Waals surface area contributed by atoms with Crippen LogP contribution in [0.25, 0.3) is 0 Å². The van der Waals surface area contributed by atoms with Crippen molar-refractivity contribution in [3.05, 3.63) is 11.6 Å². The quantitative estimate of drug-likeness (QED) is 0.721. The highest BCUT2D eigenvalue weighted by Crippen LogP contribution is 2.63. The van der Waals surface area contributed by atoms with Crippen molar-refractivity contribution in [3.63, 3.8) is 0 Å². The SMILES string of the molecule is CO[C@@H]1O[C@@]2(OC)CCC3=CCC[C@H](C)[C@@]3(C)[C@H]2[C@@H]1C. The zero-order chi connectivity index (χ0) is 14.5. The molecule has 0 aromatic carbocycles. The lowest BCUT2D eigenvalue weighted by Gasteiger charge is -2.55. The van der Waals surface area contributed by atoms with Crippen molar-refractivity contribution >= 4 is 0 Å². The van der Waals surface area contributed by atoms with Crippen LogP contribution < -0.4 is 0 Å². The van der Waals surface area contributed by atoms with E-state index in [-0.39, 0.29) is 11.7 Å². The third-order valence-electron chi connectivity index (χ3n) is 6.42. The van der Waals surface area contributed by atoms with Gasteiger partial charge in [0.15, 0.2) is 12.1 Å². The van der Waals surface area contributed by atoms with Crippen LogP contribution in [0.4, 0.5) is 0 Å². The first-order chi connectivity index (χ1) is 9.49. The third-order valence-corrected chi connectivity index (χ3v) is 6.42. The Balaban J connectivity index is 2.08. The predicted molar refractivity (Wildman–Crippen MR) is 78.1 cm³/mol. The second-order valence-electron chi connectivity index (χ2n) is 7.07. The highest BCUT2D eigenvalue weighted by Gasteiger charge is 2.65. The molecule has 2 fully saturated rings. The predicted octanol–water partition coefficient (Wildman–Crippen LogP) is 3.74. The summed E-state index contributed by atoms with van der Waals surface area (Å²) in [5.74, 6) is 0.941. The molecule has 114 valence electrons. The van der Waals surface area contributed by atoms with Gasteiger partial charge in [-0.25, -0.2) is 0 Å². The molecular formula is C17H28O3. The minimum absolute atomic E-state index is 0.148. The van der Waals surface area contributed by atoms with Crippen molar-refractivity contribution in [1.29, 1.82) is 0 Å². The van der Waals surface area contributed by atoms with E-state index in [1.165, 1.54) is 12.8 Å². The van der Waals surface area contributed by atoms with E-state index < -0.39 is 5.79 Å². The van der Waals surface area contributed by atoms with Crippen molar-refractivity contribution in [2.75, 3.05) is 14.2 Å². The molecule has 0 spiro atoms. The third kappa shape index (κ3) is 1.69. The van der Waals surface area contributed by atoms with Crippen LogP contribution >= 0.6 is 0 Å². The summed E-state index contributed by atoms with van der Waals surface area (Å²) in [5.41, 5.74) is 1.81. The molecule has 3 heteroatoms. The van der Waals surface area contributed by atoms with E-state index in [4.69, 9.17) is 14.2 Å². The Morgan fingerprint density at radius 1 is 1.30 bits per heavy atom. The van der Waals surface area contributed by atoms with Gasteiger partial charge in [-0.2, -0.15) is 0 Å². The van der Waals surface area contributed by atoms with Crippen molar-refractivity contribution in [3.8, 4) is 0 Å². The van der Waals surface area contributed by atoms with Gasteiger partial charge in [0.25, 0.3) is 0 Å². The molecule has 0 bridgehead atoms. The van der Waals surface area contributed by atoms with Crippen LogP contribution in [0.1, 0.15) is 46.5 Å². The fourth-order valence-corrected chi connectivity index (χ4v) is 5.22. The summed E-state index contributed by atoms with van der Waals surface area (Å²) in [6.07, 6.45) is 6.86. The largest absolute Gasteiger partial charge is 0.355 e. The number of fused-ring (bicyclic) bond motifs is 3. The molecular weight excluding hydrogens is 252 g/mol. The van der Waals surface area contributed by atoms with Crippen LogP contribution in [-0.2, 0) is 14.2 Å². The van der Waals surface area contributed by atoms with Crippen molar-refractivity contribution in [2.45, 2.75) is 58.5 Å². The Morgan fingerprint density at radius 3 is 2.70 bits per heavy atom. The first-order valence-corrected chi connectivity index (χ1v) is 7.95. The Labute approximate surface area is 122 Å². The molecule has 0 aromatic heterocycles. The maximum Gasteiger partial charge on any atom is 0.175 e. The summed E-state index contributed by atoms with van der Waals surface area (Å²) in [7, 11) is 3.54. The average molecular weight is 280 g/mol. The van der Waals surface area contributed by atoms with E-state index in [1.807, 2.05) is 0 Å². The van der Waals surface area contributed by atoms with Gasteiger partial charge < -0.3 is 14.2 Å². The maximum atomic E-state index is 6.25. The van der Waals surface area contributed by atoms with Crippen LogP contribution in [0.2, 0.25) is 0 Å². The molecule has 3 nitrogen and oxygen atoms in total. The fraction of sp³-hybridized carbons (Fsp3) is 0.882. The highest BCUT2D eigenvalue weighted by atomic mass is 16.8. The van der Waals surface area contributed by atoms with Gasteiger partial charge in [-0.1, -0.05) is 32.4 Å². The summed E-state index contributed by atoms with van der Waals surface area (Å²) in [4.78, 5) is 0. The molecule has 6 atom stereocenters. The van der Waals surface area contributed by atoms with Gasteiger partial charge >= 0.3 is 0 Å². The van der Waals surface area contributed by atoms with Gasteiger partial charge in [0.05, 0.1) is 0 Å². The van der Waals surface area contributed by atoms with Crippen LogP contribution in [0, 0.1) is 23.2 Å². The zero-order valence-electron chi connectivity index (χ0n) is 13.4. The molecule has 3 aliphatic rings. The molecule has 0 unspecified atom stereocenters. The second kappa shape index (κ2) is 4.82. The molecule has 20 heavy (non-hydrogen) atoms. The van der Waals surface area contributed by atoms with E-state index in [0.29, 0.717) is 17.8 Å².